The second kappa shape index (κ2) is 10.2. The van der Waals surface area contributed by atoms with Gasteiger partial charge in [0.1, 0.15) is 17.4 Å². The first kappa shape index (κ1) is 21.1. The first-order valence-corrected chi connectivity index (χ1v) is 9.04. The SMILES string of the molecule is O=[N+]([O-])c1c(Cl)[c]c(OCCCl)c(OCCCCc2ccccc2F)c1O. The van der Waals surface area contributed by atoms with Crippen molar-refractivity contribution in [1.82, 2.24) is 0 Å². The molecule has 1 N–H and O–H groups in total. The molecule has 9 heteroatoms. The van der Waals surface area contributed by atoms with Crippen LogP contribution in [0.2, 0.25) is 5.02 Å². The van der Waals surface area contributed by atoms with Gasteiger partial charge in [-0.05, 0) is 30.9 Å². The molecule has 0 heterocycles. The zero-order valence-corrected chi connectivity index (χ0v) is 15.7. The summed E-state index contributed by atoms with van der Waals surface area (Å²) in [6, 6.07) is 8.97. The highest BCUT2D eigenvalue weighted by atomic mass is 35.5. The Hall–Kier alpha value is -2.25. The summed E-state index contributed by atoms with van der Waals surface area (Å²) in [5.41, 5.74) is -0.113. The Morgan fingerprint density at radius 1 is 1.22 bits per heavy atom. The van der Waals surface area contributed by atoms with Crippen molar-refractivity contribution in [2.75, 3.05) is 19.1 Å². The summed E-state index contributed by atoms with van der Waals surface area (Å²) in [6.45, 7) is 0.209. The number of hydrogen-bond acceptors (Lipinski definition) is 5. The van der Waals surface area contributed by atoms with Gasteiger partial charge < -0.3 is 14.6 Å². The molecule has 0 unspecified atom stereocenters. The van der Waals surface area contributed by atoms with E-state index in [0.29, 0.717) is 24.8 Å². The first-order chi connectivity index (χ1) is 13.0. The number of rotatable bonds is 10. The molecule has 2 rings (SSSR count). The van der Waals surface area contributed by atoms with Crippen molar-refractivity contribution in [3.05, 3.63) is 56.8 Å². The molecular formula is C18H17Cl2FNO5. The lowest BCUT2D eigenvalue weighted by atomic mass is 10.1. The van der Waals surface area contributed by atoms with Crippen LogP contribution < -0.4 is 9.47 Å². The molecule has 0 saturated carbocycles. The van der Waals surface area contributed by atoms with E-state index in [1.165, 1.54) is 6.07 Å². The average molecular weight is 417 g/mol. The number of nitro groups is 1. The number of aryl methyl sites for hydroxylation is 1. The van der Waals surface area contributed by atoms with E-state index < -0.39 is 21.4 Å². The molecule has 0 bridgehead atoms. The van der Waals surface area contributed by atoms with Gasteiger partial charge in [-0.15, -0.1) is 11.6 Å². The summed E-state index contributed by atoms with van der Waals surface area (Å²) >= 11 is 11.4. The fraction of sp³-hybridized carbons (Fsp3) is 0.333. The molecule has 2 aromatic carbocycles. The Morgan fingerprint density at radius 3 is 2.63 bits per heavy atom. The minimum Gasteiger partial charge on any atom is -0.499 e. The van der Waals surface area contributed by atoms with Gasteiger partial charge in [0.2, 0.25) is 11.5 Å². The Labute approximate surface area is 165 Å². The van der Waals surface area contributed by atoms with E-state index in [4.69, 9.17) is 32.7 Å². The normalized spacial score (nSPS) is 10.6. The molecule has 0 aliphatic heterocycles. The second-order valence-corrected chi connectivity index (χ2v) is 6.24. The molecule has 27 heavy (non-hydrogen) atoms. The molecule has 0 aromatic heterocycles. The molecule has 2 aromatic rings. The van der Waals surface area contributed by atoms with Crippen LogP contribution in [0.15, 0.2) is 24.3 Å². The summed E-state index contributed by atoms with van der Waals surface area (Å²) in [6.07, 6.45) is 1.67. The molecule has 0 spiro atoms. The smallest absolute Gasteiger partial charge is 0.334 e. The van der Waals surface area contributed by atoms with Crippen LogP contribution in [0.4, 0.5) is 10.1 Å². The third kappa shape index (κ3) is 5.61. The van der Waals surface area contributed by atoms with Gasteiger partial charge in [-0.25, -0.2) is 4.39 Å². The van der Waals surface area contributed by atoms with Gasteiger partial charge in [-0.2, -0.15) is 0 Å². The minimum atomic E-state index is -0.829. The molecule has 1 radical (unpaired) electrons. The molecule has 0 saturated heterocycles. The monoisotopic (exact) mass is 416 g/mol. The number of nitro benzene ring substituents is 1. The van der Waals surface area contributed by atoms with E-state index in [2.05, 4.69) is 6.07 Å². The summed E-state index contributed by atoms with van der Waals surface area (Å²) in [4.78, 5) is 10.2. The summed E-state index contributed by atoms with van der Waals surface area (Å²) in [7, 11) is 0. The number of benzene rings is 2. The fourth-order valence-corrected chi connectivity index (χ4v) is 2.69. The van der Waals surface area contributed by atoms with Crippen molar-refractivity contribution in [3.63, 3.8) is 0 Å². The molecular weight excluding hydrogens is 400 g/mol. The van der Waals surface area contributed by atoms with Crippen LogP contribution >= 0.6 is 23.2 Å². The highest BCUT2D eigenvalue weighted by molar-refractivity contribution is 6.33. The summed E-state index contributed by atoms with van der Waals surface area (Å²) in [5.74, 6) is -1.12. The first-order valence-electron chi connectivity index (χ1n) is 8.12. The van der Waals surface area contributed by atoms with Crippen molar-refractivity contribution < 1.29 is 23.9 Å². The largest absolute Gasteiger partial charge is 0.499 e. The number of phenolic OH excluding ortho intramolecular Hbond substituents is 1. The predicted octanol–water partition coefficient (Wildman–Crippen LogP) is 4.91. The van der Waals surface area contributed by atoms with Crippen molar-refractivity contribution in [1.29, 1.82) is 0 Å². The van der Waals surface area contributed by atoms with E-state index in [1.54, 1.807) is 18.2 Å². The summed E-state index contributed by atoms with van der Waals surface area (Å²) < 4.78 is 24.3. The number of unbranched alkanes of at least 4 members (excludes halogenated alkanes) is 1. The number of hydrogen-bond donors (Lipinski definition) is 1. The van der Waals surface area contributed by atoms with Crippen molar-refractivity contribution >= 4 is 28.9 Å². The van der Waals surface area contributed by atoms with Gasteiger partial charge in [0.25, 0.3) is 0 Å². The van der Waals surface area contributed by atoms with Crippen LogP contribution in [0, 0.1) is 22.0 Å². The number of aromatic hydroxyl groups is 1. The zero-order valence-electron chi connectivity index (χ0n) is 14.2. The lowest BCUT2D eigenvalue weighted by molar-refractivity contribution is -0.385. The van der Waals surface area contributed by atoms with E-state index >= 15 is 0 Å². The fourth-order valence-electron chi connectivity index (χ4n) is 2.37. The Kier molecular flexibility index (Phi) is 7.94. The van der Waals surface area contributed by atoms with Crippen molar-refractivity contribution in [2.45, 2.75) is 19.3 Å². The van der Waals surface area contributed by atoms with Gasteiger partial charge >= 0.3 is 5.69 Å². The van der Waals surface area contributed by atoms with Gasteiger partial charge in [-0.1, -0.05) is 29.8 Å². The number of phenols is 1. The Morgan fingerprint density at radius 2 is 1.96 bits per heavy atom. The number of halogens is 3. The molecule has 6 nitrogen and oxygen atoms in total. The molecule has 145 valence electrons. The number of alkyl halides is 1. The molecule has 0 aliphatic carbocycles. The van der Waals surface area contributed by atoms with Crippen LogP contribution in [0.3, 0.4) is 0 Å². The van der Waals surface area contributed by atoms with E-state index in [1.807, 2.05) is 0 Å². The van der Waals surface area contributed by atoms with Crippen molar-refractivity contribution in [3.8, 4) is 17.2 Å². The van der Waals surface area contributed by atoms with E-state index in [9.17, 15) is 19.6 Å². The van der Waals surface area contributed by atoms with Gasteiger partial charge in [0.15, 0.2) is 5.75 Å². The maximum atomic E-state index is 13.6. The van der Waals surface area contributed by atoms with Crippen molar-refractivity contribution in [2.24, 2.45) is 0 Å². The highest BCUT2D eigenvalue weighted by Gasteiger charge is 2.28. The molecule has 0 fully saturated rings. The lowest BCUT2D eigenvalue weighted by Gasteiger charge is -2.14. The Balaban J connectivity index is 2.04. The van der Waals surface area contributed by atoms with Gasteiger partial charge in [-0.3, -0.25) is 10.1 Å². The number of nitrogens with zero attached hydrogens (tertiary/aromatic N) is 1. The van der Waals surface area contributed by atoms with Gasteiger partial charge in [0.05, 0.1) is 23.5 Å². The molecule has 0 atom stereocenters. The van der Waals surface area contributed by atoms with Gasteiger partial charge in [0, 0.05) is 0 Å². The quantitative estimate of drug-likeness (QED) is 0.257. The second-order valence-electron chi connectivity index (χ2n) is 5.49. The number of ether oxygens (including phenoxy) is 2. The maximum Gasteiger partial charge on any atom is 0.334 e. The minimum absolute atomic E-state index is 0.0575. The van der Waals surface area contributed by atoms with Crippen LogP contribution in [0.1, 0.15) is 18.4 Å². The zero-order chi connectivity index (χ0) is 19.8. The van der Waals surface area contributed by atoms with E-state index in [-0.39, 0.29) is 36.4 Å². The maximum absolute atomic E-state index is 13.6. The third-order valence-corrected chi connectivity index (χ3v) is 4.06. The average Bonchev–Trinajstić information content (AvgIpc) is 2.62. The van der Waals surface area contributed by atoms with Crippen LogP contribution in [-0.4, -0.2) is 29.1 Å². The topological polar surface area (TPSA) is 81.8 Å². The van der Waals surface area contributed by atoms with Crippen LogP contribution in [-0.2, 0) is 6.42 Å². The lowest BCUT2D eigenvalue weighted by Crippen LogP contribution is -2.05. The molecule has 0 aliphatic rings. The van der Waals surface area contributed by atoms with Crippen LogP contribution in [0.5, 0.6) is 17.2 Å². The summed E-state index contributed by atoms with van der Waals surface area (Å²) in [5, 5.41) is 20.8. The van der Waals surface area contributed by atoms with Crippen LogP contribution in [0.25, 0.3) is 0 Å². The standard InChI is InChI=1S/C18H17Cl2FNO5/c19-8-10-26-15-11-13(20)16(22(24)25)17(23)18(15)27-9-4-3-6-12-5-1-2-7-14(12)21/h1-2,5,7,23H,3-4,6,8-10H2. The predicted molar refractivity (Wildman–Crippen MR) is 99.7 cm³/mol. The molecule has 0 amide bonds. The highest BCUT2D eigenvalue weighted by Crippen LogP contribution is 2.47. The van der Waals surface area contributed by atoms with E-state index in [0.717, 1.165) is 0 Å². The third-order valence-electron chi connectivity index (χ3n) is 3.63. The Bertz CT molecular complexity index is 804.